The number of benzene rings is 2. The summed E-state index contributed by atoms with van der Waals surface area (Å²) in [4.78, 5) is 2.26. The quantitative estimate of drug-likeness (QED) is 0.776. The van der Waals surface area contributed by atoms with Crippen molar-refractivity contribution < 1.29 is 12.8 Å². The molecular weight excluding hydrogens is 375 g/mol. The van der Waals surface area contributed by atoms with Crippen LogP contribution in [0.3, 0.4) is 0 Å². The maximum Gasteiger partial charge on any atom is 0.218 e. The van der Waals surface area contributed by atoms with Crippen molar-refractivity contribution in [3.63, 3.8) is 0 Å². The number of halogens is 2. The molecule has 4 nitrogen and oxygen atoms in total. The SMILES string of the molecule is O=S(=O)(Cc1ccc(F)cc1)N1CCCN(Cc2ccc(Cl)cc2)CC1. The van der Waals surface area contributed by atoms with Crippen LogP contribution in [0.2, 0.25) is 5.02 Å². The number of hydrogen-bond donors (Lipinski definition) is 0. The molecule has 0 radical (unpaired) electrons. The minimum atomic E-state index is -3.41. The van der Waals surface area contributed by atoms with Gasteiger partial charge in [0.05, 0.1) is 5.75 Å². The summed E-state index contributed by atoms with van der Waals surface area (Å²) in [7, 11) is -3.41. The molecule has 26 heavy (non-hydrogen) atoms. The van der Waals surface area contributed by atoms with Crippen LogP contribution in [0.5, 0.6) is 0 Å². The van der Waals surface area contributed by atoms with Crippen molar-refractivity contribution in [1.29, 1.82) is 0 Å². The molecule has 1 saturated heterocycles. The van der Waals surface area contributed by atoms with Crippen molar-refractivity contribution in [3.8, 4) is 0 Å². The molecule has 1 heterocycles. The Kier molecular flexibility index (Phi) is 6.29. The standard InChI is InChI=1S/C19H22ClFN2O2S/c20-18-6-2-16(3-7-18)14-22-10-1-11-23(13-12-22)26(24,25)15-17-4-8-19(21)9-5-17/h2-9H,1,10-15H2. The minimum absolute atomic E-state index is 0.0928. The highest BCUT2D eigenvalue weighted by Crippen LogP contribution is 2.17. The fourth-order valence-corrected chi connectivity index (χ4v) is 4.80. The second-order valence-corrected chi connectivity index (χ2v) is 8.94. The first kappa shape index (κ1) is 19.3. The predicted octanol–water partition coefficient (Wildman–Crippen LogP) is 3.52. The van der Waals surface area contributed by atoms with E-state index in [0.717, 1.165) is 25.1 Å². The first-order valence-electron chi connectivity index (χ1n) is 8.61. The number of hydrogen-bond acceptors (Lipinski definition) is 3. The summed E-state index contributed by atoms with van der Waals surface area (Å²) < 4.78 is 39.9. The van der Waals surface area contributed by atoms with E-state index in [2.05, 4.69) is 4.90 Å². The summed E-state index contributed by atoms with van der Waals surface area (Å²) in [5.41, 5.74) is 1.77. The molecule has 0 spiro atoms. The molecule has 1 aliphatic heterocycles. The summed E-state index contributed by atoms with van der Waals surface area (Å²) in [6.07, 6.45) is 0.788. The second kappa shape index (κ2) is 8.48. The van der Waals surface area contributed by atoms with Gasteiger partial charge in [-0.2, -0.15) is 0 Å². The zero-order valence-corrected chi connectivity index (χ0v) is 16.0. The van der Waals surface area contributed by atoms with E-state index in [1.54, 1.807) is 4.31 Å². The van der Waals surface area contributed by atoms with Crippen LogP contribution in [0.25, 0.3) is 0 Å². The lowest BCUT2D eigenvalue weighted by atomic mass is 10.2. The molecule has 0 aliphatic carbocycles. The Hall–Kier alpha value is -1.47. The van der Waals surface area contributed by atoms with Gasteiger partial charge in [0.1, 0.15) is 5.82 Å². The van der Waals surface area contributed by atoms with Crippen LogP contribution in [0.1, 0.15) is 17.5 Å². The van der Waals surface area contributed by atoms with Gasteiger partial charge in [0.25, 0.3) is 0 Å². The van der Waals surface area contributed by atoms with Crippen LogP contribution >= 0.6 is 11.6 Å². The maximum absolute atomic E-state index is 13.0. The zero-order chi connectivity index (χ0) is 18.6. The molecule has 0 saturated carbocycles. The van der Waals surface area contributed by atoms with Crippen LogP contribution in [-0.2, 0) is 22.3 Å². The molecule has 0 N–H and O–H groups in total. The smallest absolute Gasteiger partial charge is 0.218 e. The van der Waals surface area contributed by atoms with Gasteiger partial charge in [-0.25, -0.2) is 17.1 Å². The van der Waals surface area contributed by atoms with Crippen molar-refractivity contribution in [1.82, 2.24) is 9.21 Å². The van der Waals surface area contributed by atoms with Gasteiger partial charge in [-0.15, -0.1) is 0 Å². The Morgan fingerprint density at radius 1 is 0.885 bits per heavy atom. The van der Waals surface area contributed by atoms with Gasteiger partial charge in [-0.05, 0) is 48.4 Å². The predicted molar refractivity (Wildman–Crippen MR) is 102 cm³/mol. The highest BCUT2D eigenvalue weighted by Gasteiger charge is 2.25. The molecule has 2 aromatic carbocycles. The van der Waals surface area contributed by atoms with Crippen molar-refractivity contribution in [2.45, 2.75) is 18.7 Å². The van der Waals surface area contributed by atoms with E-state index in [4.69, 9.17) is 11.6 Å². The van der Waals surface area contributed by atoms with Gasteiger partial charge in [0.2, 0.25) is 10.0 Å². The molecule has 1 fully saturated rings. The van der Waals surface area contributed by atoms with Crippen molar-refractivity contribution >= 4 is 21.6 Å². The number of nitrogens with zero attached hydrogens (tertiary/aromatic N) is 2. The summed E-state index contributed by atoms with van der Waals surface area (Å²) in [6.45, 7) is 3.30. The molecule has 0 atom stereocenters. The maximum atomic E-state index is 13.0. The monoisotopic (exact) mass is 396 g/mol. The summed E-state index contributed by atoms with van der Waals surface area (Å²) in [5.74, 6) is -0.455. The van der Waals surface area contributed by atoms with Gasteiger partial charge in [0, 0.05) is 31.2 Å². The van der Waals surface area contributed by atoms with Crippen molar-refractivity contribution in [3.05, 3.63) is 70.5 Å². The average molecular weight is 397 g/mol. The number of sulfonamides is 1. The Balaban J connectivity index is 1.60. The van der Waals surface area contributed by atoms with Crippen LogP contribution < -0.4 is 0 Å². The van der Waals surface area contributed by atoms with E-state index in [1.165, 1.54) is 24.3 Å². The average Bonchev–Trinajstić information content (AvgIpc) is 2.85. The van der Waals surface area contributed by atoms with Crippen LogP contribution in [0.4, 0.5) is 4.39 Å². The Bertz CT molecular complexity index is 826. The van der Waals surface area contributed by atoms with Gasteiger partial charge in [0.15, 0.2) is 0 Å². The van der Waals surface area contributed by atoms with Gasteiger partial charge in [-0.3, -0.25) is 4.90 Å². The zero-order valence-electron chi connectivity index (χ0n) is 14.4. The van der Waals surface area contributed by atoms with Crippen molar-refractivity contribution in [2.75, 3.05) is 26.2 Å². The van der Waals surface area contributed by atoms with E-state index < -0.39 is 10.0 Å². The molecule has 7 heteroatoms. The molecular formula is C19H22ClFN2O2S. The van der Waals surface area contributed by atoms with Crippen LogP contribution in [0.15, 0.2) is 48.5 Å². The highest BCUT2D eigenvalue weighted by atomic mass is 35.5. The fourth-order valence-electron chi connectivity index (χ4n) is 3.11. The highest BCUT2D eigenvalue weighted by molar-refractivity contribution is 7.88. The molecule has 140 valence electrons. The lowest BCUT2D eigenvalue weighted by Gasteiger charge is -2.22. The second-order valence-electron chi connectivity index (χ2n) is 6.54. The number of rotatable bonds is 5. The topological polar surface area (TPSA) is 40.6 Å². The molecule has 0 amide bonds. The fraction of sp³-hybridized carbons (Fsp3) is 0.368. The Labute approximate surface area is 159 Å². The lowest BCUT2D eigenvalue weighted by Crippen LogP contribution is -2.35. The van der Waals surface area contributed by atoms with Crippen molar-refractivity contribution in [2.24, 2.45) is 0 Å². The van der Waals surface area contributed by atoms with E-state index in [9.17, 15) is 12.8 Å². The molecule has 3 rings (SSSR count). The summed E-state index contributed by atoms with van der Waals surface area (Å²) >= 11 is 5.92. The van der Waals surface area contributed by atoms with E-state index in [0.29, 0.717) is 30.2 Å². The summed E-state index contributed by atoms with van der Waals surface area (Å²) in [6, 6.07) is 13.4. The van der Waals surface area contributed by atoms with Crippen LogP contribution in [0, 0.1) is 5.82 Å². The largest absolute Gasteiger partial charge is 0.298 e. The third kappa shape index (κ3) is 5.27. The molecule has 2 aromatic rings. The van der Waals surface area contributed by atoms with Gasteiger partial charge >= 0.3 is 0 Å². The molecule has 0 unspecified atom stereocenters. The third-order valence-electron chi connectivity index (χ3n) is 4.52. The molecule has 1 aliphatic rings. The Morgan fingerprint density at radius 3 is 2.23 bits per heavy atom. The van der Waals surface area contributed by atoms with Gasteiger partial charge < -0.3 is 0 Å². The van der Waals surface area contributed by atoms with E-state index in [-0.39, 0.29) is 11.6 Å². The lowest BCUT2D eigenvalue weighted by molar-refractivity contribution is 0.278. The summed E-state index contributed by atoms with van der Waals surface area (Å²) in [5, 5.41) is 0.711. The molecule has 0 bridgehead atoms. The normalized spacial score (nSPS) is 17.2. The third-order valence-corrected chi connectivity index (χ3v) is 6.62. The molecule has 0 aromatic heterocycles. The van der Waals surface area contributed by atoms with Crippen LogP contribution in [-0.4, -0.2) is 43.8 Å². The first-order chi connectivity index (χ1) is 12.4. The first-order valence-corrected chi connectivity index (χ1v) is 10.6. The Morgan fingerprint density at radius 2 is 1.54 bits per heavy atom. The van der Waals surface area contributed by atoms with Gasteiger partial charge in [-0.1, -0.05) is 35.9 Å². The minimum Gasteiger partial charge on any atom is -0.298 e. The van der Waals surface area contributed by atoms with E-state index in [1.807, 2.05) is 24.3 Å². The van der Waals surface area contributed by atoms with E-state index >= 15 is 0 Å².